The molecule has 0 saturated heterocycles. The monoisotopic (exact) mass is 480 g/mol. The smallest absolute Gasteiger partial charge is 0.406 e. The Morgan fingerprint density at radius 2 is 1.82 bits per heavy atom. The van der Waals surface area contributed by atoms with Crippen LogP contribution in [-0.2, 0) is 4.79 Å². The SMILES string of the molecule is Cc1ccc(NC(=O)NC(=O)C(C)Sc2nnnn2-c2ccc(OC(F)(F)F)cc2)c(C)c1. The molecular formula is C20H19F3N6O3S. The number of nitrogens with zero attached hydrogens (tertiary/aromatic N) is 4. The summed E-state index contributed by atoms with van der Waals surface area (Å²) >= 11 is 0.971. The average Bonchev–Trinajstić information content (AvgIpc) is 3.17. The largest absolute Gasteiger partial charge is 0.573 e. The minimum absolute atomic E-state index is 0.205. The lowest BCUT2D eigenvalue weighted by molar-refractivity contribution is -0.274. The van der Waals surface area contributed by atoms with Crippen molar-refractivity contribution in [1.82, 2.24) is 25.5 Å². The first-order valence-electron chi connectivity index (χ1n) is 9.52. The Kier molecular flexibility index (Phi) is 7.21. The fourth-order valence-corrected chi connectivity index (χ4v) is 3.54. The number of amides is 3. The maximum atomic E-state index is 12.4. The lowest BCUT2D eigenvalue weighted by atomic mass is 10.1. The normalized spacial score (nSPS) is 12.2. The number of carbonyl (C=O) groups is 2. The van der Waals surface area contributed by atoms with Crippen molar-refractivity contribution in [2.45, 2.75) is 37.5 Å². The summed E-state index contributed by atoms with van der Waals surface area (Å²) in [6.45, 7) is 5.33. The summed E-state index contributed by atoms with van der Waals surface area (Å²) in [5.41, 5.74) is 2.83. The topological polar surface area (TPSA) is 111 Å². The first-order valence-corrected chi connectivity index (χ1v) is 10.4. The van der Waals surface area contributed by atoms with Crippen LogP contribution in [0.4, 0.5) is 23.7 Å². The number of alkyl halides is 3. The lowest BCUT2D eigenvalue weighted by Gasteiger charge is -2.13. The summed E-state index contributed by atoms with van der Waals surface area (Å²) in [7, 11) is 0. The second-order valence-corrected chi connectivity index (χ2v) is 8.24. The molecule has 1 unspecified atom stereocenters. The number of imide groups is 1. The van der Waals surface area contributed by atoms with Crippen molar-refractivity contribution >= 4 is 29.4 Å². The van der Waals surface area contributed by atoms with E-state index in [0.29, 0.717) is 11.4 Å². The molecule has 2 N–H and O–H groups in total. The van der Waals surface area contributed by atoms with Crippen LogP contribution in [0.5, 0.6) is 5.75 Å². The predicted octanol–water partition coefficient (Wildman–Crippen LogP) is 4.01. The molecule has 1 atom stereocenters. The molecule has 2 aromatic carbocycles. The number of benzene rings is 2. The number of thioether (sulfide) groups is 1. The van der Waals surface area contributed by atoms with Gasteiger partial charge >= 0.3 is 12.4 Å². The van der Waals surface area contributed by atoms with E-state index in [1.165, 1.54) is 16.8 Å². The minimum Gasteiger partial charge on any atom is -0.406 e. The molecule has 0 fully saturated rings. The van der Waals surface area contributed by atoms with E-state index in [2.05, 4.69) is 30.9 Å². The quantitative estimate of drug-likeness (QED) is 0.513. The third-order valence-corrected chi connectivity index (χ3v) is 5.31. The van der Waals surface area contributed by atoms with Gasteiger partial charge in [0.2, 0.25) is 11.1 Å². The number of hydrogen-bond donors (Lipinski definition) is 2. The Balaban J connectivity index is 1.61. The summed E-state index contributed by atoms with van der Waals surface area (Å²) in [5, 5.41) is 15.5. The number of nitrogens with one attached hydrogen (secondary N) is 2. The van der Waals surface area contributed by atoms with E-state index in [1.54, 1.807) is 13.0 Å². The zero-order valence-corrected chi connectivity index (χ0v) is 18.5. The molecule has 1 aromatic heterocycles. The van der Waals surface area contributed by atoms with E-state index in [1.807, 2.05) is 26.0 Å². The molecule has 0 aliphatic carbocycles. The highest BCUT2D eigenvalue weighted by molar-refractivity contribution is 8.00. The first kappa shape index (κ1) is 24.0. The van der Waals surface area contributed by atoms with Gasteiger partial charge in [0.1, 0.15) is 5.75 Å². The fraction of sp³-hybridized carbons (Fsp3) is 0.250. The number of aromatic nitrogens is 4. The summed E-state index contributed by atoms with van der Waals surface area (Å²) in [5.74, 6) is -0.971. The zero-order valence-electron chi connectivity index (χ0n) is 17.7. The van der Waals surface area contributed by atoms with E-state index in [9.17, 15) is 22.8 Å². The summed E-state index contributed by atoms with van der Waals surface area (Å²) in [6.07, 6.45) is -4.80. The highest BCUT2D eigenvalue weighted by Gasteiger charge is 2.31. The number of anilines is 1. The molecule has 0 aliphatic rings. The van der Waals surface area contributed by atoms with Gasteiger partial charge in [-0.15, -0.1) is 18.3 Å². The molecule has 3 aromatic rings. The molecule has 9 nitrogen and oxygen atoms in total. The van der Waals surface area contributed by atoms with Crippen molar-refractivity contribution in [1.29, 1.82) is 0 Å². The van der Waals surface area contributed by atoms with Gasteiger partial charge in [-0.25, -0.2) is 4.79 Å². The number of carbonyl (C=O) groups excluding carboxylic acids is 2. The van der Waals surface area contributed by atoms with Crippen molar-refractivity contribution in [2.75, 3.05) is 5.32 Å². The molecule has 3 amide bonds. The van der Waals surface area contributed by atoms with Gasteiger partial charge in [0.25, 0.3) is 0 Å². The van der Waals surface area contributed by atoms with Crippen LogP contribution in [0.2, 0.25) is 0 Å². The van der Waals surface area contributed by atoms with Crippen molar-refractivity contribution in [3.63, 3.8) is 0 Å². The van der Waals surface area contributed by atoms with Crippen LogP contribution in [0.3, 0.4) is 0 Å². The van der Waals surface area contributed by atoms with Crippen molar-refractivity contribution in [3.8, 4) is 11.4 Å². The van der Waals surface area contributed by atoms with Crippen molar-refractivity contribution in [3.05, 3.63) is 53.6 Å². The van der Waals surface area contributed by atoms with Crippen LogP contribution in [-0.4, -0.2) is 43.8 Å². The Morgan fingerprint density at radius 1 is 1.12 bits per heavy atom. The van der Waals surface area contributed by atoms with Gasteiger partial charge < -0.3 is 10.1 Å². The van der Waals surface area contributed by atoms with Gasteiger partial charge in [-0.2, -0.15) is 4.68 Å². The lowest BCUT2D eigenvalue weighted by Crippen LogP contribution is -2.39. The second kappa shape index (κ2) is 9.90. The van der Waals surface area contributed by atoms with Crippen LogP contribution < -0.4 is 15.4 Å². The van der Waals surface area contributed by atoms with Gasteiger partial charge in [-0.05, 0) is 67.1 Å². The van der Waals surface area contributed by atoms with E-state index in [0.717, 1.165) is 35.0 Å². The summed E-state index contributed by atoms with van der Waals surface area (Å²) in [4.78, 5) is 24.6. The molecular weight excluding hydrogens is 461 g/mol. The minimum atomic E-state index is -4.80. The predicted molar refractivity (Wildman–Crippen MR) is 114 cm³/mol. The molecule has 33 heavy (non-hydrogen) atoms. The summed E-state index contributed by atoms with van der Waals surface area (Å²) in [6, 6.07) is 9.71. The van der Waals surface area contributed by atoms with E-state index in [4.69, 9.17) is 0 Å². The average molecular weight is 480 g/mol. The molecule has 0 radical (unpaired) electrons. The molecule has 0 spiro atoms. The number of halogens is 3. The van der Waals surface area contributed by atoms with E-state index < -0.39 is 29.3 Å². The van der Waals surface area contributed by atoms with Crippen LogP contribution in [0.15, 0.2) is 47.6 Å². The Hall–Kier alpha value is -3.61. The van der Waals surface area contributed by atoms with Crippen LogP contribution in [0.25, 0.3) is 5.69 Å². The van der Waals surface area contributed by atoms with Gasteiger partial charge in [0, 0.05) is 5.69 Å². The molecule has 1 heterocycles. The Bertz CT molecular complexity index is 1150. The molecule has 3 rings (SSSR count). The number of rotatable bonds is 6. The highest BCUT2D eigenvalue weighted by atomic mass is 32.2. The van der Waals surface area contributed by atoms with Crippen LogP contribution in [0.1, 0.15) is 18.1 Å². The van der Waals surface area contributed by atoms with Gasteiger partial charge in [0.05, 0.1) is 10.9 Å². The molecule has 174 valence electrons. The third-order valence-electron chi connectivity index (χ3n) is 4.27. The standard InChI is InChI=1S/C20H19F3N6O3S/c1-11-4-9-16(12(2)10-11)24-18(31)25-17(30)13(3)33-19-26-27-28-29(19)14-5-7-15(8-6-14)32-20(21,22)23/h4-10,13H,1-3H3,(H2,24,25,30,31). The third kappa shape index (κ3) is 6.68. The van der Waals surface area contributed by atoms with Gasteiger partial charge in [0.15, 0.2) is 0 Å². The highest BCUT2D eigenvalue weighted by Crippen LogP contribution is 2.26. The first-order chi connectivity index (χ1) is 15.5. The second-order valence-electron chi connectivity index (χ2n) is 6.94. The van der Waals surface area contributed by atoms with E-state index >= 15 is 0 Å². The number of hydrogen-bond acceptors (Lipinski definition) is 7. The maximum absolute atomic E-state index is 12.4. The molecule has 13 heteroatoms. The zero-order chi connectivity index (χ0) is 24.2. The van der Waals surface area contributed by atoms with E-state index in [-0.39, 0.29) is 5.16 Å². The number of aryl methyl sites for hydroxylation is 2. The van der Waals surface area contributed by atoms with Crippen molar-refractivity contribution < 1.29 is 27.5 Å². The Morgan fingerprint density at radius 3 is 2.45 bits per heavy atom. The van der Waals surface area contributed by atoms with Gasteiger partial charge in [-0.1, -0.05) is 29.5 Å². The number of tetrazole rings is 1. The molecule has 0 saturated carbocycles. The van der Waals surface area contributed by atoms with Crippen LogP contribution in [0, 0.1) is 13.8 Å². The van der Waals surface area contributed by atoms with Gasteiger partial charge in [-0.3, -0.25) is 10.1 Å². The number of urea groups is 1. The fourth-order valence-electron chi connectivity index (χ4n) is 2.74. The molecule has 0 bridgehead atoms. The molecule has 0 aliphatic heterocycles. The van der Waals surface area contributed by atoms with Crippen LogP contribution >= 0.6 is 11.8 Å². The summed E-state index contributed by atoms with van der Waals surface area (Å²) < 4.78 is 42.0. The maximum Gasteiger partial charge on any atom is 0.573 e. The Labute approximate surface area is 190 Å². The number of ether oxygens (including phenoxy) is 1. The van der Waals surface area contributed by atoms with Crippen molar-refractivity contribution in [2.24, 2.45) is 0 Å².